The van der Waals surface area contributed by atoms with Crippen molar-refractivity contribution >= 4 is 7.05 Å². The van der Waals surface area contributed by atoms with Crippen LogP contribution in [-0.2, 0) is 0 Å². The minimum atomic E-state index is 0.110. The van der Waals surface area contributed by atoms with Crippen molar-refractivity contribution < 1.29 is 4.65 Å². The number of aryl methyl sites for hydroxylation is 2. The van der Waals surface area contributed by atoms with E-state index in [4.69, 9.17) is 4.65 Å². The molecule has 0 aromatic heterocycles. The molecule has 0 spiro atoms. The Morgan fingerprint density at radius 2 is 2.07 bits per heavy atom. The topological polar surface area (TPSA) is 21.3 Å². The van der Waals surface area contributed by atoms with E-state index in [-0.39, 0.29) is 7.05 Å². The molecule has 2 nitrogen and oxygen atoms in total. The molecule has 1 aromatic rings. The van der Waals surface area contributed by atoms with Gasteiger partial charge in [-0.05, 0) is 44.8 Å². The van der Waals surface area contributed by atoms with Crippen molar-refractivity contribution in [2.24, 2.45) is 0 Å². The maximum Gasteiger partial charge on any atom is 0.443 e. The molecule has 0 saturated carbocycles. The lowest BCUT2D eigenvalue weighted by Gasteiger charge is -2.29. The molecule has 1 aromatic carbocycles. The van der Waals surface area contributed by atoms with Crippen molar-refractivity contribution in [1.29, 1.82) is 0 Å². The van der Waals surface area contributed by atoms with Gasteiger partial charge in [0.2, 0.25) is 0 Å². The largest absolute Gasteiger partial charge is 0.546 e. The molecule has 1 heterocycles. The highest BCUT2D eigenvalue weighted by Crippen LogP contribution is 2.33. The molecule has 2 rings (SSSR count). The van der Waals surface area contributed by atoms with Crippen LogP contribution in [0.3, 0.4) is 0 Å². The molecule has 0 amide bonds. The molecule has 0 bridgehead atoms. The van der Waals surface area contributed by atoms with E-state index in [1.165, 1.54) is 16.7 Å². The average molecular weight is 189 g/mol. The Balaban J connectivity index is 2.53. The zero-order valence-electron chi connectivity index (χ0n) is 9.22. The highest BCUT2D eigenvalue weighted by Gasteiger charge is 2.26. The minimum absolute atomic E-state index is 0.110. The van der Waals surface area contributed by atoms with Gasteiger partial charge >= 0.3 is 7.05 Å². The highest BCUT2D eigenvalue weighted by molar-refractivity contribution is 6.48. The van der Waals surface area contributed by atoms with Gasteiger partial charge in [-0.3, -0.25) is 0 Å². The van der Waals surface area contributed by atoms with Crippen molar-refractivity contribution in [2.75, 3.05) is 0 Å². The van der Waals surface area contributed by atoms with Crippen molar-refractivity contribution in [3.8, 4) is 5.75 Å². The summed E-state index contributed by atoms with van der Waals surface area (Å²) in [5.74, 6) is 1.04. The molecular formula is C11H16BNO. The first-order chi connectivity index (χ1) is 6.58. The van der Waals surface area contributed by atoms with Crippen LogP contribution in [0.1, 0.15) is 29.7 Å². The quantitative estimate of drug-likeness (QED) is 0.633. The van der Waals surface area contributed by atoms with Gasteiger partial charge in [0.05, 0.1) is 0 Å². The fourth-order valence-electron chi connectivity index (χ4n) is 2.25. The molecule has 14 heavy (non-hydrogen) atoms. The van der Waals surface area contributed by atoms with E-state index < -0.39 is 0 Å². The molecule has 1 aliphatic heterocycles. The van der Waals surface area contributed by atoms with E-state index >= 15 is 0 Å². The maximum absolute atomic E-state index is 5.75. The van der Waals surface area contributed by atoms with E-state index in [0.717, 1.165) is 5.75 Å². The lowest BCUT2D eigenvalue weighted by atomic mass is 9.81. The van der Waals surface area contributed by atoms with Crippen molar-refractivity contribution in [3.63, 3.8) is 0 Å². The lowest BCUT2D eigenvalue weighted by Crippen LogP contribution is -2.42. The number of hydrogen-bond donors (Lipinski definition) is 1. The highest BCUT2D eigenvalue weighted by atomic mass is 16.4. The standard InChI is InChI=1S/C11H16BNO/c1-7-5-8(2)11-9(3)13-12(4)14-10(11)6-7/h5-6,9,13H,1-4H3. The van der Waals surface area contributed by atoms with Gasteiger partial charge in [-0.15, -0.1) is 0 Å². The molecule has 3 heteroatoms. The van der Waals surface area contributed by atoms with Crippen LogP contribution in [0.25, 0.3) is 0 Å². The SMILES string of the molecule is CB1NC(C)c2c(C)cc(C)cc2O1. The summed E-state index contributed by atoms with van der Waals surface area (Å²) in [7, 11) is 0.110. The van der Waals surface area contributed by atoms with Crippen LogP contribution >= 0.6 is 0 Å². The molecule has 74 valence electrons. The molecule has 0 fully saturated rings. The third-order valence-corrected chi connectivity index (χ3v) is 2.71. The van der Waals surface area contributed by atoms with Crippen LogP contribution in [0.4, 0.5) is 0 Å². The first-order valence-corrected chi connectivity index (χ1v) is 5.12. The Labute approximate surface area is 85.8 Å². The number of benzene rings is 1. The van der Waals surface area contributed by atoms with Gasteiger partial charge in [-0.2, -0.15) is 0 Å². The number of rotatable bonds is 0. The first kappa shape index (κ1) is 9.59. The van der Waals surface area contributed by atoms with E-state index in [9.17, 15) is 0 Å². The monoisotopic (exact) mass is 189 g/mol. The van der Waals surface area contributed by atoms with E-state index in [1.54, 1.807) is 0 Å². The number of hydrogen-bond acceptors (Lipinski definition) is 2. The zero-order chi connectivity index (χ0) is 10.3. The van der Waals surface area contributed by atoms with Crippen LogP contribution < -0.4 is 9.88 Å². The lowest BCUT2D eigenvalue weighted by molar-refractivity contribution is 0.484. The third kappa shape index (κ3) is 1.52. The summed E-state index contributed by atoms with van der Waals surface area (Å²) in [5.41, 5.74) is 3.88. The van der Waals surface area contributed by atoms with E-state index in [1.807, 2.05) is 6.82 Å². The molecule has 0 aliphatic carbocycles. The Hall–Kier alpha value is -0.955. The second-order valence-corrected chi connectivity index (χ2v) is 4.14. The first-order valence-electron chi connectivity index (χ1n) is 5.12. The summed E-state index contributed by atoms with van der Waals surface area (Å²) in [4.78, 5) is 0. The molecular weight excluding hydrogens is 173 g/mol. The Morgan fingerprint density at radius 3 is 2.79 bits per heavy atom. The summed E-state index contributed by atoms with van der Waals surface area (Å²) >= 11 is 0. The smallest absolute Gasteiger partial charge is 0.443 e. The van der Waals surface area contributed by atoms with E-state index in [0.29, 0.717) is 6.04 Å². The van der Waals surface area contributed by atoms with Gasteiger partial charge in [0.1, 0.15) is 5.75 Å². The average Bonchev–Trinajstić information content (AvgIpc) is 1.99. The van der Waals surface area contributed by atoms with Crippen LogP contribution in [0.2, 0.25) is 6.82 Å². The molecule has 0 saturated heterocycles. The Morgan fingerprint density at radius 1 is 1.36 bits per heavy atom. The van der Waals surface area contributed by atoms with Gasteiger partial charge in [0, 0.05) is 11.6 Å². The van der Waals surface area contributed by atoms with Gasteiger partial charge in [0.15, 0.2) is 0 Å². The predicted molar refractivity (Wildman–Crippen MR) is 59.7 cm³/mol. The van der Waals surface area contributed by atoms with Crippen LogP contribution in [0.15, 0.2) is 12.1 Å². The summed E-state index contributed by atoms with van der Waals surface area (Å²) in [6.07, 6.45) is 0. The zero-order valence-corrected chi connectivity index (χ0v) is 9.22. The summed E-state index contributed by atoms with van der Waals surface area (Å²) < 4.78 is 5.75. The van der Waals surface area contributed by atoms with Crippen LogP contribution in [-0.4, -0.2) is 7.05 Å². The van der Waals surface area contributed by atoms with Crippen LogP contribution in [0, 0.1) is 13.8 Å². The fraction of sp³-hybridized carbons (Fsp3) is 0.455. The van der Waals surface area contributed by atoms with E-state index in [2.05, 4.69) is 38.1 Å². The summed E-state index contributed by atoms with van der Waals surface area (Å²) in [6.45, 7) is 8.47. The fourth-order valence-corrected chi connectivity index (χ4v) is 2.25. The predicted octanol–water partition coefficient (Wildman–Crippen LogP) is 2.46. The number of fused-ring (bicyclic) bond motifs is 1. The molecule has 1 atom stereocenters. The van der Waals surface area contributed by atoms with Crippen molar-refractivity contribution in [2.45, 2.75) is 33.6 Å². The summed E-state index contributed by atoms with van der Waals surface area (Å²) in [6, 6.07) is 4.71. The Bertz CT molecular complexity index is 365. The minimum Gasteiger partial charge on any atom is -0.546 e. The number of nitrogens with one attached hydrogen (secondary N) is 1. The summed E-state index contributed by atoms with van der Waals surface area (Å²) in [5, 5.41) is 3.37. The van der Waals surface area contributed by atoms with Gasteiger partial charge in [0.25, 0.3) is 0 Å². The van der Waals surface area contributed by atoms with Gasteiger partial charge in [-0.25, -0.2) is 0 Å². The van der Waals surface area contributed by atoms with Crippen molar-refractivity contribution in [1.82, 2.24) is 5.23 Å². The maximum atomic E-state index is 5.75. The molecule has 0 radical (unpaired) electrons. The second kappa shape index (κ2) is 3.32. The second-order valence-electron chi connectivity index (χ2n) is 4.14. The molecule has 1 aliphatic rings. The normalized spacial score (nSPS) is 20.3. The molecule has 1 N–H and O–H groups in total. The Kier molecular flexibility index (Phi) is 2.27. The van der Waals surface area contributed by atoms with Crippen LogP contribution in [0.5, 0.6) is 5.75 Å². The third-order valence-electron chi connectivity index (χ3n) is 2.71. The van der Waals surface area contributed by atoms with Gasteiger partial charge in [-0.1, -0.05) is 6.07 Å². The van der Waals surface area contributed by atoms with Gasteiger partial charge < -0.3 is 9.88 Å². The molecule has 1 unspecified atom stereocenters. The van der Waals surface area contributed by atoms with Crippen molar-refractivity contribution in [3.05, 3.63) is 28.8 Å².